The third-order valence-electron chi connectivity index (χ3n) is 3.29. The van der Waals surface area contributed by atoms with Crippen molar-refractivity contribution >= 4 is 22.6 Å². The lowest BCUT2D eigenvalue weighted by Gasteiger charge is -2.23. The van der Waals surface area contributed by atoms with E-state index < -0.39 is 0 Å². The second-order valence-electron chi connectivity index (χ2n) is 4.72. The van der Waals surface area contributed by atoms with Gasteiger partial charge in [-0.15, -0.1) is 0 Å². The van der Waals surface area contributed by atoms with Crippen molar-refractivity contribution in [3.05, 3.63) is 30.5 Å². The number of aromatic nitrogens is 1. The van der Waals surface area contributed by atoms with Crippen molar-refractivity contribution in [1.82, 2.24) is 4.98 Å². The van der Waals surface area contributed by atoms with Gasteiger partial charge in [-0.1, -0.05) is 6.92 Å². The van der Waals surface area contributed by atoms with Gasteiger partial charge in [0.05, 0.1) is 14.2 Å². The molecule has 0 saturated heterocycles. The van der Waals surface area contributed by atoms with Crippen molar-refractivity contribution in [2.75, 3.05) is 32.2 Å². The summed E-state index contributed by atoms with van der Waals surface area (Å²) in [6, 6.07) is 7.76. The smallest absolute Gasteiger partial charge is 0.325 e. The number of fused-ring (bicyclic) bond motifs is 1. The van der Waals surface area contributed by atoms with Crippen LogP contribution in [0.25, 0.3) is 10.8 Å². The van der Waals surface area contributed by atoms with E-state index in [9.17, 15) is 4.79 Å². The van der Waals surface area contributed by atoms with Crippen LogP contribution in [0.2, 0.25) is 0 Å². The number of anilines is 1. The Kier molecular flexibility index (Phi) is 4.98. The topological polar surface area (TPSA) is 51.7 Å². The Morgan fingerprint density at radius 3 is 2.76 bits per heavy atom. The predicted octanol–water partition coefficient (Wildman–Crippen LogP) is 2.63. The number of ether oxygens (including phenoxy) is 2. The maximum atomic E-state index is 11.6. The molecule has 1 heterocycles. The third-order valence-corrected chi connectivity index (χ3v) is 3.29. The van der Waals surface area contributed by atoms with Crippen LogP contribution in [0.4, 0.5) is 5.82 Å². The van der Waals surface area contributed by atoms with E-state index in [1.165, 1.54) is 7.11 Å². The van der Waals surface area contributed by atoms with Crippen molar-refractivity contribution in [3.63, 3.8) is 0 Å². The van der Waals surface area contributed by atoms with Crippen molar-refractivity contribution in [1.29, 1.82) is 0 Å². The molecule has 0 saturated carbocycles. The first kappa shape index (κ1) is 15.1. The van der Waals surface area contributed by atoms with Gasteiger partial charge in [-0.25, -0.2) is 4.98 Å². The first-order valence-corrected chi connectivity index (χ1v) is 6.94. The molecule has 0 unspecified atom stereocenters. The number of methoxy groups -OCH3 is 2. The summed E-state index contributed by atoms with van der Waals surface area (Å²) in [7, 11) is 3.04. The monoisotopic (exact) mass is 288 g/mol. The Morgan fingerprint density at radius 2 is 2.10 bits per heavy atom. The highest BCUT2D eigenvalue weighted by Crippen LogP contribution is 2.27. The number of esters is 1. The van der Waals surface area contributed by atoms with Gasteiger partial charge in [-0.2, -0.15) is 0 Å². The van der Waals surface area contributed by atoms with E-state index in [0.717, 1.165) is 35.3 Å². The Hall–Kier alpha value is -2.30. The Balaban J connectivity index is 2.44. The van der Waals surface area contributed by atoms with Crippen LogP contribution < -0.4 is 9.64 Å². The van der Waals surface area contributed by atoms with Gasteiger partial charge in [-0.05, 0) is 36.1 Å². The molecular formula is C16H20N2O3. The molecule has 0 aliphatic rings. The van der Waals surface area contributed by atoms with Gasteiger partial charge in [0.1, 0.15) is 18.1 Å². The third kappa shape index (κ3) is 3.42. The molecule has 1 aromatic carbocycles. The van der Waals surface area contributed by atoms with E-state index in [0.29, 0.717) is 0 Å². The molecule has 2 aromatic rings. The molecular weight excluding hydrogens is 268 g/mol. The molecule has 0 fully saturated rings. The molecule has 0 spiro atoms. The summed E-state index contributed by atoms with van der Waals surface area (Å²) in [6.07, 6.45) is 2.67. The quantitative estimate of drug-likeness (QED) is 0.765. The lowest BCUT2D eigenvalue weighted by atomic mass is 10.1. The highest BCUT2D eigenvalue weighted by molar-refractivity contribution is 5.94. The van der Waals surface area contributed by atoms with E-state index >= 15 is 0 Å². The number of benzene rings is 1. The summed E-state index contributed by atoms with van der Waals surface area (Å²) >= 11 is 0. The minimum atomic E-state index is -0.268. The van der Waals surface area contributed by atoms with E-state index in [1.807, 2.05) is 29.2 Å². The number of carbonyl (C=O) groups is 1. The van der Waals surface area contributed by atoms with Crippen molar-refractivity contribution in [2.24, 2.45) is 0 Å². The van der Waals surface area contributed by atoms with Crippen molar-refractivity contribution in [2.45, 2.75) is 13.3 Å². The van der Waals surface area contributed by atoms with Crippen molar-refractivity contribution < 1.29 is 14.3 Å². The molecule has 0 atom stereocenters. The SMILES string of the molecule is CCCN(CC(=O)OC)c1nccc2cc(OC)ccc12. The second kappa shape index (κ2) is 6.92. The maximum Gasteiger partial charge on any atom is 0.325 e. The summed E-state index contributed by atoms with van der Waals surface area (Å²) < 4.78 is 10.0. The number of pyridine rings is 1. The Labute approximate surface area is 124 Å². The van der Waals surface area contributed by atoms with Gasteiger partial charge in [-0.3, -0.25) is 4.79 Å². The molecule has 0 bridgehead atoms. The van der Waals surface area contributed by atoms with E-state index in [-0.39, 0.29) is 12.5 Å². The van der Waals surface area contributed by atoms with Crippen molar-refractivity contribution in [3.8, 4) is 5.75 Å². The molecule has 21 heavy (non-hydrogen) atoms. The number of hydrogen-bond acceptors (Lipinski definition) is 5. The predicted molar refractivity (Wildman–Crippen MR) is 82.8 cm³/mol. The highest BCUT2D eigenvalue weighted by Gasteiger charge is 2.15. The number of nitrogens with zero attached hydrogens (tertiary/aromatic N) is 2. The lowest BCUT2D eigenvalue weighted by Crippen LogP contribution is -2.32. The van der Waals surface area contributed by atoms with E-state index in [2.05, 4.69) is 11.9 Å². The van der Waals surface area contributed by atoms with Gasteiger partial charge in [0, 0.05) is 18.1 Å². The molecule has 0 N–H and O–H groups in total. The summed E-state index contributed by atoms with van der Waals surface area (Å²) in [6.45, 7) is 3.01. The molecule has 1 aromatic heterocycles. The van der Waals surface area contributed by atoms with Gasteiger partial charge in [0.25, 0.3) is 0 Å². The Bertz CT molecular complexity index is 628. The zero-order chi connectivity index (χ0) is 15.2. The van der Waals surface area contributed by atoms with Gasteiger partial charge in [0.15, 0.2) is 0 Å². The molecule has 5 heteroatoms. The van der Waals surface area contributed by atoms with Crippen LogP contribution >= 0.6 is 0 Å². The first-order valence-electron chi connectivity index (χ1n) is 6.94. The molecule has 0 radical (unpaired) electrons. The summed E-state index contributed by atoms with van der Waals surface area (Å²) in [4.78, 5) is 18.0. The van der Waals surface area contributed by atoms with Gasteiger partial charge in [0.2, 0.25) is 0 Å². The van der Waals surface area contributed by atoms with Crippen LogP contribution in [0.3, 0.4) is 0 Å². The molecule has 0 aliphatic heterocycles. The standard InChI is InChI=1S/C16H20N2O3/c1-4-9-18(11-15(19)21-3)16-14-6-5-13(20-2)10-12(14)7-8-17-16/h5-8,10H,4,9,11H2,1-3H3. The highest BCUT2D eigenvalue weighted by atomic mass is 16.5. The summed E-state index contributed by atoms with van der Waals surface area (Å²) in [5.74, 6) is 1.33. The summed E-state index contributed by atoms with van der Waals surface area (Å²) in [5.41, 5.74) is 0. The second-order valence-corrected chi connectivity index (χ2v) is 4.72. The van der Waals surface area contributed by atoms with Crippen LogP contribution in [0, 0.1) is 0 Å². The molecule has 112 valence electrons. The number of hydrogen-bond donors (Lipinski definition) is 0. The molecule has 0 aliphatic carbocycles. The van der Waals surface area contributed by atoms with E-state index in [1.54, 1.807) is 13.3 Å². The molecule has 5 nitrogen and oxygen atoms in total. The fraction of sp³-hybridized carbons (Fsp3) is 0.375. The van der Waals surface area contributed by atoms with Crippen LogP contribution in [0.15, 0.2) is 30.5 Å². The van der Waals surface area contributed by atoms with Gasteiger partial charge >= 0.3 is 5.97 Å². The summed E-state index contributed by atoms with van der Waals surface area (Å²) in [5, 5.41) is 2.03. The van der Waals surface area contributed by atoms with Crippen LogP contribution in [-0.4, -0.2) is 38.3 Å². The fourth-order valence-electron chi connectivity index (χ4n) is 2.27. The van der Waals surface area contributed by atoms with Gasteiger partial charge < -0.3 is 14.4 Å². The number of carbonyl (C=O) groups excluding carboxylic acids is 1. The number of rotatable bonds is 6. The lowest BCUT2D eigenvalue weighted by molar-refractivity contribution is -0.138. The molecule has 2 rings (SSSR count). The van der Waals surface area contributed by atoms with Crippen LogP contribution in [0.5, 0.6) is 5.75 Å². The average Bonchev–Trinajstić information content (AvgIpc) is 2.53. The average molecular weight is 288 g/mol. The van der Waals surface area contributed by atoms with Crippen LogP contribution in [0.1, 0.15) is 13.3 Å². The first-order chi connectivity index (χ1) is 10.2. The zero-order valence-electron chi connectivity index (χ0n) is 12.6. The minimum Gasteiger partial charge on any atom is -0.497 e. The fourth-order valence-corrected chi connectivity index (χ4v) is 2.27. The van der Waals surface area contributed by atoms with E-state index in [4.69, 9.17) is 9.47 Å². The minimum absolute atomic E-state index is 0.197. The Morgan fingerprint density at radius 1 is 1.29 bits per heavy atom. The maximum absolute atomic E-state index is 11.6. The molecule has 0 amide bonds. The normalized spacial score (nSPS) is 10.4. The largest absolute Gasteiger partial charge is 0.497 e. The van der Waals surface area contributed by atoms with Crippen LogP contribution in [-0.2, 0) is 9.53 Å². The zero-order valence-corrected chi connectivity index (χ0v) is 12.6.